The van der Waals surface area contributed by atoms with Gasteiger partial charge in [-0.1, -0.05) is 57.2 Å². The molecule has 0 radical (unpaired) electrons. The zero-order valence-corrected chi connectivity index (χ0v) is 20.4. The lowest BCUT2D eigenvalue weighted by molar-refractivity contribution is -0.180. The van der Waals surface area contributed by atoms with Crippen LogP contribution in [0.1, 0.15) is 57.7 Å². The van der Waals surface area contributed by atoms with Crippen LogP contribution >= 0.6 is 0 Å². The van der Waals surface area contributed by atoms with Crippen LogP contribution in [-0.4, -0.2) is 31.1 Å². The summed E-state index contributed by atoms with van der Waals surface area (Å²) < 4.78 is 15.8. The van der Waals surface area contributed by atoms with Crippen molar-refractivity contribution in [3.63, 3.8) is 0 Å². The van der Waals surface area contributed by atoms with Crippen LogP contribution in [0.5, 0.6) is 5.75 Å². The van der Waals surface area contributed by atoms with Gasteiger partial charge in [0.05, 0.1) is 13.2 Å². The van der Waals surface area contributed by atoms with E-state index in [0.717, 1.165) is 11.1 Å². The first-order valence-corrected chi connectivity index (χ1v) is 11.3. The van der Waals surface area contributed by atoms with Gasteiger partial charge >= 0.3 is 17.9 Å². The van der Waals surface area contributed by atoms with Gasteiger partial charge in [0.2, 0.25) is 0 Å². The van der Waals surface area contributed by atoms with E-state index in [1.165, 1.54) is 5.56 Å². The Morgan fingerprint density at radius 3 is 1.88 bits per heavy atom. The van der Waals surface area contributed by atoms with Crippen molar-refractivity contribution in [2.45, 2.75) is 59.8 Å². The van der Waals surface area contributed by atoms with Crippen molar-refractivity contribution in [3.05, 3.63) is 65.2 Å². The summed E-state index contributed by atoms with van der Waals surface area (Å²) in [4.78, 5) is 39.5. The van der Waals surface area contributed by atoms with Gasteiger partial charge in [0.1, 0.15) is 5.75 Å². The van der Waals surface area contributed by atoms with E-state index >= 15 is 0 Å². The fourth-order valence-electron chi connectivity index (χ4n) is 3.51. The second-order valence-electron chi connectivity index (χ2n) is 8.94. The van der Waals surface area contributed by atoms with Gasteiger partial charge in [0.15, 0.2) is 0 Å². The summed E-state index contributed by atoms with van der Waals surface area (Å²) in [5.41, 5.74) is 0.877. The summed E-state index contributed by atoms with van der Waals surface area (Å²) in [7, 11) is 0. The molecule has 0 saturated carbocycles. The first-order chi connectivity index (χ1) is 15.6. The van der Waals surface area contributed by atoms with E-state index in [4.69, 9.17) is 14.2 Å². The molecule has 2 aromatic carbocycles. The molecule has 0 aliphatic rings. The standard InChI is InChI=1S/C27H34O6/c1-7-31-23(28)27(24(29)32-8-2,25(30)33-22-12-10-9-11-13-22)17-16-20-14-15-21(18-19(20)3)26(4,5)6/h9-15,18H,7-8,16-17H2,1-6H3. The first kappa shape index (κ1) is 26.1. The van der Waals surface area contributed by atoms with Crippen LogP contribution in [0, 0.1) is 12.3 Å². The summed E-state index contributed by atoms with van der Waals surface area (Å²) in [6, 6.07) is 14.4. The van der Waals surface area contributed by atoms with E-state index in [1.807, 2.05) is 19.1 Å². The quantitative estimate of drug-likeness (QED) is 0.303. The predicted octanol–water partition coefficient (Wildman–Crippen LogP) is 4.94. The Balaban J connectivity index is 2.45. The molecule has 0 spiro atoms. The number of hydrogen-bond acceptors (Lipinski definition) is 6. The summed E-state index contributed by atoms with van der Waals surface area (Å²) in [5.74, 6) is -2.71. The van der Waals surface area contributed by atoms with Crippen molar-refractivity contribution >= 4 is 17.9 Å². The molecular formula is C27H34O6. The fourth-order valence-corrected chi connectivity index (χ4v) is 3.51. The number of carbonyl (C=O) groups is 3. The smallest absolute Gasteiger partial charge is 0.340 e. The van der Waals surface area contributed by atoms with Gasteiger partial charge in [-0.25, -0.2) is 4.79 Å². The van der Waals surface area contributed by atoms with E-state index in [2.05, 4.69) is 26.8 Å². The Labute approximate surface area is 196 Å². The van der Waals surface area contributed by atoms with Gasteiger partial charge in [-0.2, -0.15) is 0 Å². The van der Waals surface area contributed by atoms with E-state index < -0.39 is 23.3 Å². The van der Waals surface area contributed by atoms with E-state index in [9.17, 15) is 14.4 Å². The summed E-state index contributed by atoms with van der Waals surface area (Å²) in [6.07, 6.45) is 0.157. The number of para-hydroxylation sites is 1. The molecule has 178 valence electrons. The average molecular weight is 455 g/mol. The highest BCUT2D eigenvalue weighted by Crippen LogP contribution is 2.33. The summed E-state index contributed by atoms with van der Waals surface area (Å²) >= 11 is 0. The fraction of sp³-hybridized carbons (Fsp3) is 0.444. The Morgan fingerprint density at radius 1 is 0.818 bits per heavy atom. The molecule has 0 aliphatic carbocycles. The normalized spacial score (nSPS) is 11.6. The molecule has 6 nitrogen and oxygen atoms in total. The van der Waals surface area contributed by atoms with Crippen molar-refractivity contribution in [2.75, 3.05) is 13.2 Å². The molecule has 0 aromatic heterocycles. The lowest BCUT2D eigenvalue weighted by Gasteiger charge is -2.27. The Bertz CT molecular complexity index is 954. The van der Waals surface area contributed by atoms with Gasteiger partial charge in [-0.3, -0.25) is 9.59 Å². The second-order valence-corrected chi connectivity index (χ2v) is 8.94. The van der Waals surface area contributed by atoms with E-state index in [0.29, 0.717) is 0 Å². The Hall–Kier alpha value is -3.15. The van der Waals surface area contributed by atoms with E-state index in [-0.39, 0.29) is 37.2 Å². The van der Waals surface area contributed by atoms with Crippen molar-refractivity contribution < 1.29 is 28.6 Å². The molecule has 2 aromatic rings. The van der Waals surface area contributed by atoms with Crippen LogP contribution in [0.3, 0.4) is 0 Å². The highest BCUT2D eigenvalue weighted by Gasteiger charge is 2.57. The predicted molar refractivity (Wildman–Crippen MR) is 126 cm³/mol. The molecule has 0 heterocycles. The van der Waals surface area contributed by atoms with Gasteiger partial charge < -0.3 is 14.2 Å². The zero-order chi connectivity index (χ0) is 24.6. The molecule has 0 fully saturated rings. The number of hydrogen-bond donors (Lipinski definition) is 0. The van der Waals surface area contributed by atoms with Crippen LogP contribution in [0.25, 0.3) is 0 Å². The third-order valence-electron chi connectivity index (χ3n) is 5.53. The Kier molecular flexibility index (Phi) is 8.80. The molecule has 0 unspecified atom stereocenters. The number of aryl methyl sites for hydroxylation is 2. The van der Waals surface area contributed by atoms with Gasteiger partial charge in [0, 0.05) is 0 Å². The van der Waals surface area contributed by atoms with Crippen molar-refractivity contribution in [1.29, 1.82) is 0 Å². The van der Waals surface area contributed by atoms with Crippen LogP contribution in [-0.2, 0) is 35.7 Å². The minimum absolute atomic E-state index is 0.0115. The lowest BCUT2D eigenvalue weighted by Crippen LogP contribution is -2.51. The first-order valence-electron chi connectivity index (χ1n) is 11.3. The van der Waals surface area contributed by atoms with Crippen molar-refractivity contribution in [1.82, 2.24) is 0 Å². The summed E-state index contributed by atoms with van der Waals surface area (Å²) in [6.45, 7) is 11.6. The molecule has 0 saturated heterocycles. The number of carbonyl (C=O) groups excluding carboxylic acids is 3. The molecule has 0 atom stereocenters. The highest BCUT2D eigenvalue weighted by molar-refractivity contribution is 6.18. The van der Waals surface area contributed by atoms with Crippen LogP contribution in [0.15, 0.2) is 48.5 Å². The third-order valence-corrected chi connectivity index (χ3v) is 5.53. The SMILES string of the molecule is CCOC(=O)C(CCc1ccc(C(C)(C)C)cc1C)(C(=O)OCC)C(=O)Oc1ccccc1. The lowest BCUT2D eigenvalue weighted by atomic mass is 9.80. The Morgan fingerprint density at radius 2 is 1.39 bits per heavy atom. The van der Waals surface area contributed by atoms with Gasteiger partial charge in [-0.05, 0) is 67.9 Å². The third kappa shape index (κ3) is 6.21. The molecule has 0 N–H and O–H groups in total. The minimum atomic E-state index is -2.23. The molecule has 33 heavy (non-hydrogen) atoms. The van der Waals surface area contributed by atoms with Crippen molar-refractivity contribution in [3.8, 4) is 5.75 Å². The molecular weight excluding hydrogens is 420 g/mol. The second kappa shape index (κ2) is 11.1. The van der Waals surface area contributed by atoms with Crippen LogP contribution in [0.4, 0.5) is 0 Å². The minimum Gasteiger partial charge on any atom is -0.465 e. The average Bonchev–Trinajstić information content (AvgIpc) is 2.75. The molecule has 0 amide bonds. The van der Waals surface area contributed by atoms with Crippen LogP contribution < -0.4 is 4.74 Å². The number of esters is 3. The van der Waals surface area contributed by atoms with Gasteiger partial charge in [-0.15, -0.1) is 0 Å². The van der Waals surface area contributed by atoms with E-state index in [1.54, 1.807) is 44.2 Å². The zero-order valence-electron chi connectivity index (χ0n) is 20.4. The maximum atomic E-state index is 13.3. The largest absolute Gasteiger partial charge is 0.465 e. The molecule has 6 heteroatoms. The summed E-state index contributed by atoms with van der Waals surface area (Å²) in [5, 5.41) is 0. The number of benzene rings is 2. The van der Waals surface area contributed by atoms with Crippen LogP contribution in [0.2, 0.25) is 0 Å². The monoisotopic (exact) mass is 454 g/mol. The molecule has 2 rings (SSSR count). The van der Waals surface area contributed by atoms with Crippen molar-refractivity contribution in [2.24, 2.45) is 5.41 Å². The maximum absolute atomic E-state index is 13.3. The number of ether oxygens (including phenoxy) is 3. The maximum Gasteiger partial charge on any atom is 0.340 e. The highest BCUT2D eigenvalue weighted by atomic mass is 16.6. The molecule has 0 aliphatic heterocycles. The molecule has 0 bridgehead atoms. The number of rotatable bonds is 9. The topological polar surface area (TPSA) is 78.9 Å². The van der Waals surface area contributed by atoms with Gasteiger partial charge in [0.25, 0.3) is 5.41 Å².